The minimum absolute atomic E-state index is 0.326. The van der Waals surface area contributed by atoms with E-state index in [9.17, 15) is 0 Å². The summed E-state index contributed by atoms with van der Waals surface area (Å²) in [5.74, 6) is 0. The molecule has 0 fully saturated rings. The fourth-order valence-electron chi connectivity index (χ4n) is 2.05. The van der Waals surface area contributed by atoms with Gasteiger partial charge in [-0.05, 0) is 58.0 Å². The lowest BCUT2D eigenvalue weighted by Crippen LogP contribution is -2.24. The Bertz CT molecular complexity index is 568. The molecule has 2 aromatic rings. The lowest BCUT2D eigenvalue weighted by atomic mass is 10.0. The maximum Gasteiger partial charge on any atom is 0.0380 e. The van der Waals surface area contributed by atoms with Crippen LogP contribution in [0.4, 0.5) is 0 Å². The van der Waals surface area contributed by atoms with Gasteiger partial charge in [0.1, 0.15) is 0 Å². The van der Waals surface area contributed by atoms with Gasteiger partial charge in [0.2, 0.25) is 0 Å². The summed E-state index contributed by atoms with van der Waals surface area (Å²) in [6, 6.07) is 8.84. The molecule has 1 atom stereocenters. The summed E-state index contributed by atoms with van der Waals surface area (Å²) in [6.45, 7) is 3.22. The average Bonchev–Trinajstić information content (AvgIpc) is 2.80. The van der Waals surface area contributed by atoms with E-state index in [0.29, 0.717) is 6.04 Å². The van der Waals surface area contributed by atoms with Gasteiger partial charge in [0.25, 0.3) is 0 Å². The minimum Gasteiger partial charge on any atom is -0.310 e. The molecule has 0 radical (unpaired) electrons. The summed E-state index contributed by atoms with van der Waals surface area (Å²) in [6.07, 6.45) is 2.13. The maximum atomic E-state index is 3.68. The molecule has 0 saturated heterocycles. The van der Waals surface area contributed by atoms with Gasteiger partial charge in [-0.1, -0.05) is 44.8 Å². The van der Waals surface area contributed by atoms with E-state index in [-0.39, 0.29) is 0 Å². The summed E-state index contributed by atoms with van der Waals surface area (Å²) in [4.78, 5) is 1.38. The molecule has 1 nitrogen and oxygen atoms in total. The number of hydrogen-bond donors (Lipinski definition) is 1. The fraction of sp³-hybridized carbons (Fsp3) is 0.333. The predicted molar refractivity (Wildman–Crippen MR) is 98.6 cm³/mol. The Kier molecular flexibility index (Phi) is 6.75. The van der Waals surface area contributed by atoms with Crippen LogP contribution in [-0.2, 0) is 6.42 Å². The highest BCUT2D eigenvalue weighted by atomic mass is 79.9. The second-order valence-electron chi connectivity index (χ2n) is 4.57. The Balaban J connectivity index is 2.24. The SMILES string of the molecule is CCCNC(Cc1sccc1Br)c1ccc(Br)cc1Br. The summed E-state index contributed by atoms with van der Waals surface area (Å²) < 4.78 is 3.45. The Morgan fingerprint density at radius 1 is 1.15 bits per heavy atom. The zero-order valence-corrected chi connectivity index (χ0v) is 16.7. The minimum atomic E-state index is 0.326. The van der Waals surface area contributed by atoms with Gasteiger partial charge in [0.15, 0.2) is 0 Å². The van der Waals surface area contributed by atoms with E-state index in [2.05, 4.69) is 89.7 Å². The third-order valence-electron chi connectivity index (χ3n) is 3.06. The van der Waals surface area contributed by atoms with Crippen molar-refractivity contribution < 1.29 is 0 Å². The molecule has 0 amide bonds. The molecule has 20 heavy (non-hydrogen) atoms. The molecule has 1 N–H and O–H groups in total. The quantitative estimate of drug-likeness (QED) is 0.509. The summed E-state index contributed by atoms with van der Waals surface area (Å²) in [7, 11) is 0. The first-order valence-corrected chi connectivity index (χ1v) is 9.78. The Hall–Kier alpha value is 0.320. The lowest BCUT2D eigenvalue weighted by molar-refractivity contribution is 0.530. The molecule has 0 aliphatic rings. The zero-order chi connectivity index (χ0) is 14.5. The third kappa shape index (κ3) is 4.41. The van der Waals surface area contributed by atoms with Gasteiger partial charge in [-0.3, -0.25) is 0 Å². The molecular weight excluding hydrogens is 466 g/mol. The average molecular weight is 482 g/mol. The van der Waals surface area contributed by atoms with Crippen LogP contribution < -0.4 is 5.32 Å². The van der Waals surface area contributed by atoms with Crippen molar-refractivity contribution in [3.05, 3.63) is 53.5 Å². The van der Waals surface area contributed by atoms with E-state index in [1.165, 1.54) is 14.9 Å². The van der Waals surface area contributed by atoms with E-state index in [4.69, 9.17) is 0 Å². The normalized spacial score (nSPS) is 12.6. The van der Waals surface area contributed by atoms with Gasteiger partial charge in [0.05, 0.1) is 0 Å². The summed E-state index contributed by atoms with van der Waals surface area (Å²) >= 11 is 12.6. The van der Waals surface area contributed by atoms with Crippen molar-refractivity contribution in [3.63, 3.8) is 0 Å². The molecule has 2 rings (SSSR count). The van der Waals surface area contributed by atoms with E-state index < -0.39 is 0 Å². The number of benzene rings is 1. The van der Waals surface area contributed by atoms with Crippen LogP contribution in [0.3, 0.4) is 0 Å². The van der Waals surface area contributed by atoms with Crippen LogP contribution in [0.25, 0.3) is 0 Å². The molecule has 0 spiro atoms. The summed E-state index contributed by atoms with van der Waals surface area (Å²) in [5.41, 5.74) is 1.31. The zero-order valence-electron chi connectivity index (χ0n) is 11.1. The first-order valence-electron chi connectivity index (χ1n) is 6.52. The third-order valence-corrected chi connectivity index (χ3v) is 6.19. The highest BCUT2D eigenvalue weighted by Gasteiger charge is 2.16. The molecule has 1 unspecified atom stereocenters. The van der Waals surface area contributed by atoms with Crippen LogP contribution in [-0.4, -0.2) is 6.54 Å². The van der Waals surface area contributed by atoms with Gasteiger partial charge in [-0.2, -0.15) is 0 Å². The van der Waals surface area contributed by atoms with Gasteiger partial charge >= 0.3 is 0 Å². The predicted octanol–water partition coefficient (Wildman–Crippen LogP) is 6.32. The van der Waals surface area contributed by atoms with Crippen molar-refractivity contribution in [2.24, 2.45) is 0 Å². The standard InChI is InChI=1S/C15H16Br3NS/c1-2-6-19-14(9-15-12(17)5-7-20-15)11-4-3-10(16)8-13(11)18/h3-5,7-8,14,19H,2,6,9H2,1H3. The van der Waals surface area contributed by atoms with Crippen molar-refractivity contribution in [3.8, 4) is 0 Å². The van der Waals surface area contributed by atoms with Crippen LogP contribution in [0.15, 0.2) is 43.1 Å². The van der Waals surface area contributed by atoms with Gasteiger partial charge in [0, 0.05) is 30.8 Å². The van der Waals surface area contributed by atoms with E-state index in [0.717, 1.165) is 28.3 Å². The van der Waals surface area contributed by atoms with Crippen molar-refractivity contribution in [2.45, 2.75) is 25.8 Å². The molecule has 0 bridgehead atoms. The van der Waals surface area contributed by atoms with E-state index in [1.54, 1.807) is 11.3 Å². The molecule has 0 saturated carbocycles. The molecule has 1 aromatic heterocycles. The second-order valence-corrected chi connectivity index (χ2v) is 8.19. The maximum absolute atomic E-state index is 3.68. The Labute approximate surface area is 149 Å². The Morgan fingerprint density at radius 3 is 2.55 bits per heavy atom. The van der Waals surface area contributed by atoms with Gasteiger partial charge < -0.3 is 5.32 Å². The Morgan fingerprint density at radius 2 is 1.95 bits per heavy atom. The topological polar surface area (TPSA) is 12.0 Å². The van der Waals surface area contributed by atoms with E-state index >= 15 is 0 Å². The summed E-state index contributed by atoms with van der Waals surface area (Å²) in [5, 5.41) is 5.78. The van der Waals surface area contributed by atoms with Crippen molar-refractivity contribution >= 4 is 59.1 Å². The van der Waals surface area contributed by atoms with Crippen LogP contribution in [0.2, 0.25) is 0 Å². The monoisotopic (exact) mass is 479 g/mol. The largest absolute Gasteiger partial charge is 0.310 e. The van der Waals surface area contributed by atoms with Crippen molar-refractivity contribution in [2.75, 3.05) is 6.54 Å². The smallest absolute Gasteiger partial charge is 0.0380 e. The highest BCUT2D eigenvalue weighted by Crippen LogP contribution is 2.32. The number of hydrogen-bond acceptors (Lipinski definition) is 2. The number of rotatable bonds is 6. The van der Waals surface area contributed by atoms with Crippen LogP contribution in [0.5, 0.6) is 0 Å². The molecule has 1 aromatic carbocycles. The van der Waals surface area contributed by atoms with Crippen LogP contribution in [0, 0.1) is 0 Å². The molecule has 0 aliphatic carbocycles. The second kappa shape index (κ2) is 8.08. The molecule has 0 aliphatic heterocycles. The number of halogens is 3. The first kappa shape index (κ1) is 16.7. The number of nitrogens with one attached hydrogen (secondary N) is 1. The van der Waals surface area contributed by atoms with Crippen LogP contribution >= 0.6 is 59.1 Å². The molecular formula is C15H16Br3NS. The molecule has 5 heteroatoms. The highest BCUT2D eigenvalue weighted by molar-refractivity contribution is 9.11. The molecule has 1 heterocycles. The van der Waals surface area contributed by atoms with Crippen molar-refractivity contribution in [1.29, 1.82) is 0 Å². The lowest BCUT2D eigenvalue weighted by Gasteiger charge is -2.20. The first-order chi connectivity index (χ1) is 9.61. The van der Waals surface area contributed by atoms with E-state index in [1.807, 2.05) is 0 Å². The van der Waals surface area contributed by atoms with Gasteiger partial charge in [-0.15, -0.1) is 11.3 Å². The van der Waals surface area contributed by atoms with Crippen molar-refractivity contribution in [1.82, 2.24) is 5.32 Å². The fourth-order valence-corrected chi connectivity index (χ4v) is 4.94. The van der Waals surface area contributed by atoms with Crippen LogP contribution in [0.1, 0.15) is 29.8 Å². The molecule has 108 valence electrons. The number of thiophene rings is 1. The van der Waals surface area contributed by atoms with Gasteiger partial charge in [-0.25, -0.2) is 0 Å².